The first-order valence-electron chi connectivity index (χ1n) is 6.06. The van der Waals surface area contributed by atoms with Gasteiger partial charge in [0.05, 0.1) is 18.4 Å². The van der Waals surface area contributed by atoms with E-state index in [2.05, 4.69) is 14.7 Å². The van der Waals surface area contributed by atoms with Crippen LogP contribution in [0.3, 0.4) is 0 Å². The SMILES string of the molecule is COC(=O)C(c1cccc(C(F)(F)F)c1)c1nccnc1Cl. The van der Waals surface area contributed by atoms with E-state index < -0.39 is 23.6 Å². The number of carbonyl (C=O) groups excluding carboxylic acids is 1. The van der Waals surface area contributed by atoms with Gasteiger partial charge >= 0.3 is 12.1 Å². The topological polar surface area (TPSA) is 52.1 Å². The number of benzene rings is 1. The van der Waals surface area contributed by atoms with Crippen LogP contribution in [0.15, 0.2) is 36.7 Å². The van der Waals surface area contributed by atoms with Crippen molar-refractivity contribution >= 4 is 17.6 Å². The molecule has 2 rings (SSSR count). The highest BCUT2D eigenvalue weighted by atomic mass is 35.5. The largest absolute Gasteiger partial charge is 0.468 e. The fourth-order valence-corrected chi connectivity index (χ4v) is 2.16. The van der Waals surface area contributed by atoms with Gasteiger partial charge in [0.15, 0.2) is 5.15 Å². The molecule has 22 heavy (non-hydrogen) atoms. The molecular weight excluding hydrogens is 321 g/mol. The van der Waals surface area contributed by atoms with Gasteiger partial charge in [-0.1, -0.05) is 29.8 Å². The highest BCUT2D eigenvalue weighted by Gasteiger charge is 2.33. The number of nitrogens with zero attached hydrogens (tertiary/aromatic N) is 2. The van der Waals surface area contributed by atoms with Crippen molar-refractivity contribution in [1.82, 2.24) is 9.97 Å². The summed E-state index contributed by atoms with van der Waals surface area (Å²) in [4.78, 5) is 19.7. The predicted molar refractivity (Wildman–Crippen MR) is 72.3 cm³/mol. The molecule has 0 aliphatic heterocycles. The number of methoxy groups -OCH3 is 1. The minimum atomic E-state index is -4.52. The first-order valence-corrected chi connectivity index (χ1v) is 6.43. The van der Waals surface area contributed by atoms with Crippen molar-refractivity contribution in [2.75, 3.05) is 7.11 Å². The summed E-state index contributed by atoms with van der Waals surface area (Å²) in [7, 11) is 1.13. The third kappa shape index (κ3) is 3.36. The molecule has 0 radical (unpaired) electrons. The van der Waals surface area contributed by atoms with Gasteiger partial charge in [0.25, 0.3) is 0 Å². The maximum absolute atomic E-state index is 12.8. The van der Waals surface area contributed by atoms with Crippen LogP contribution in [0, 0.1) is 0 Å². The van der Waals surface area contributed by atoms with Crippen LogP contribution in [0.4, 0.5) is 13.2 Å². The Morgan fingerprint density at radius 2 is 1.95 bits per heavy atom. The second-order valence-corrected chi connectivity index (χ2v) is 4.67. The molecule has 116 valence electrons. The van der Waals surface area contributed by atoms with Crippen molar-refractivity contribution in [3.63, 3.8) is 0 Å². The third-order valence-electron chi connectivity index (χ3n) is 2.94. The molecule has 0 saturated heterocycles. The van der Waals surface area contributed by atoms with Crippen molar-refractivity contribution in [2.45, 2.75) is 12.1 Å². The molecule has 1 unspecified atom stereocenters. The lowest BCUT2D eigenvalue weighted by atomic mass is 9.94. The maximum Gasteiger partial charge on any atom is 0.416 e. The van der Waals surface area contributed by atoms with Gasteiger partial charge in [-0.05, 0) is 11.6 Å². The molecule has 0 aliphatic rings. The van der Waals surface area contributed by atoms with Gasteiger partial charge in [0.2, 0.25) is 0 Å². The number of aromatic nitrogens is 2. The Hall–Kier alpha value is -2.15. The standard InChI is InChI=1S/C14H10ClF3N2O2/c1-22-13(21)10(11-12(15)20-6-5-19-11)8-3-2-4-9(7-8)14(16,17)18/h2-7,10H,1H3. The van der Waals surface area contributed by atoms with Crippen LogP contribution in [-0.2, 0) is 15.7 Å². The lowest BCUT2D eigenvalue weighted by Gasteiger charge is -2.16. The molecule has 0 saturated carbocycles. The molecule has 1 heterocycles. The van der Waals surface area contributed by atoms with Crippen LogP contribution in [0.25, 0.3) is 0 Å². The Kier molecular flexibility index (Phi) is 4.65. The Balaban J connectivity index is 2.57. The normalized spacial score (nSPS) is 12.8. The number of ether oxygens (including phenoxy) is 1. The third-order valence-corrected chi connectivity index (χ3v) is 3.23. The molecule has 1 aromatic carbocycles. The molecule has 4 nitrogen and oxygen atoms in total. The second kappa shape index (κ2) is 6.31. The van der Waals surface area contributed by atoms with E-state index in [1.807, 2.05) is 0 Å². The van der Waals surface area contributed by atoms with Gasteiger partial charge in [-0.3, -0.25) is 9.78 Å². The van der Waals surface area contributed by atoms with Crippen molar-refractivity contribution in [3.8, 4) is 0 Å². The minimum absolute atomic E-state index is 0.0374. The van der Waals surface area contributed by atoms with Crippen LogP contribution in [0.2, 0.25) is 5.15 Å². The maximum atomic E-state index is 12.8. The Morgan fingerprint density at radius 3 is 2.55 bits per heavy atom. The van der Waals surface area contributed by atoms with E-state index in [1.54, 1.807) is 0 Å². The quantitative estimate of drug-likeness (QED) is 0.809. The van der Waals surface area contributed by atoms with E-state index in [4.69, 9.17) is 11.6 Å². The van der Waals surface area contributed by atoms with Gasteiger partial charge in [-0.25, -0.2) is 4.98 Å². The van der Waals surface area contributed by atoms with Crippen LogP contribution < -0.4 is 0 Å². The number of esters is 1. The summed E-state index contributed by atoms with van der Waals surface area (Å²) < 4.78 is 43.1. The summed E-state index contributed by atoms with van der Waals surface area (Å²) in [5, 5.41) is -0.0738. The first kappa shape index (κ1) is 16.2. The molecule has 2 aromatic rings. The van der Waals surface area contributed by atoms with Gasteiger partial charge in [-0.15, -0.1) is 0 Å². The molecule has 1 atom stereocenters. The summed E-state index contributed by atoms with van der Waals surface area (Å²) in [5.41, 5.74) is -0.765. The lowest BCUT2D eigenvalue weighted by Crippen LogP contribution is -2.18. The van der Waals surface area contributed by atoms with Crippen LogP contribution in [-0.4, -0.2) is 23.0 Å². The Labute approximate surface area is 128 Å². The van der Waals surface area contributed by atoms with Gasteiger partial charge in [0, 0.05) is 12.4 Å². The van der Waals surface area contributed by atoms with Crippen LogP contribution in [0.5, 0.6) is 0 Å². The highest BCUT2D eigenvalue weighted by molar-refractivity contribution is 6.30. The zero-order valence-electron chi connectivity index (χ0n) is 11.3. The molecule has 0 amide bonds. The highest BCUT2D eigenvalue weighted by Crippen LogP contribution is 2.34. The molecule has 0 N–H and O–H groups in total. The van der Waals surface area contributed by atoms with Crippen molar-refractivity contribution in [3.05, 3.63) is 58.6 Å². The number of alkyl halides is 3. The Morgan fingerprint density at radius 1 is 1.27 bits per heavy atom. The number of carbonyl (C=O) groups is 1. The summed E-state index contributed by atoms with van der Waals surface area (Å²) in [6, 6.07) is 4.36. The van der Waals surface area contributed by atoms with Gasteiger partial charge < -0.3 is 4.74 Å². The van der Waals surface area contributed by atoms with E-state index in [-0.39, 0.29) is 16.4 Å². The molecule has 8 heteroatoms. The molecule has 1 aromatic heterocycles. The monoisotopic (exact) mass is 330 g/mol. The molecule has 0 aliphatic carbocycles. The molecule has 0 spiro atoms. The van der Waals surface area contributed by atoms with E-state index in [9.17, 15) is 18.0 Å². The number of halogens is 4. The predicted octanol–water partition coefficient (Wildman–Crippen LogP) is 3.45. The number of hydrogen-bond acceptors (Lipinski definition) is 4. The molecular formula is C14H10ClF3N2O2. The zero-order chi connectivity index (χ0) is 16.3. The van der Waals surface area contributed by atoms with Crippen molar-refractivity contribution in [1.29, 1.82) is 0 Å². The van der Waals surface area contributed by atoms with E-state index in [0.29, 0.717) is 0 Å². The second-order valence-electron chi connectivity index (χ2n) is 4.31. The fraction of sp³-hybridized carbons (Fsp3) is 0.214. The minimum Gasteiger partial charge on any atom is -0.468 e. The van der Waals surface area contributed by atoms with Crippen LogP contribution in [0.1, 0.15) is 22.7 Å². The molecule has 0 bridgehead atoms. The van der Waals surface area contributed by atoms with Gasteiger partial charge in [0.1, 0.15) is 5.92 Å². The number of rotatable bonds is 3. The summed E-state index contributed by atoms with van der Waals surface area (Å²) in [5.74, 6) is -1.96. The fourth-order valence-electron chi connectivity index (χ4n) is 1.94. The van der Waals surface area contributed by atoms with E-state index >= 15 is 0 Å². The van der Waals surface area contributed by atoms with Crippen molar-refractivity contribution in [2.24, 2.45) is 0 Å². The Bertz CT molecular complexity index is 692. The van der Waals surface area contributed by atoms with Crippen molar-refractivity contribution < 1.29 is 22.7 Å². The van der Waals surface area contributed by atoms with Crippen LogP contribution >= 0.6 is 11.6 Å². The zero-order valence-corrected chi connectivity index (χ0v) is 12.0. The van der Waals surface area contributed by atoms with E-state index in [1.165, 1.54) is 24.5 Å². The summed E-state index contributed by atoms with van der Waals surface area (Å²) in [6.45, 7) is 0. The number of hydrogen-bond donors (Lipinski definition) is 0. The summed E-state index contributed by atoms with van der Waals surface area (Å²) >= 11 is 5.90. The first-order chi connectivity index (χ1) is 10.3. The lowest BCUT2D eigenvalue weighted by molar-refractivity contribution is -0.142. The van der Waals surface area contributed by atoms with E-state index in [0.717, 1.165) is 19.2 Å². The summed E-state index contributed by atoms with van der Waals surface area (Å²) in [6.07, 6.45) is -1.92. The smallest absolute Gasteiger partial charge is 0.416 e. The van der Waals surface area contributed by atoms with Gasteiger partial charge in [-0.2, -0.15) is 13.2 Å². The average molecular weight is 331 g/mol. The average Bonchev–Trinajstić information content (AvgIpc) is 2.49. The molecule has 0 fully saturated rings.